The van der Waals surface area contributed by atoms with E-state index < -0.39 is 0 Å². The minimum Gasteiger partial charge on any atom is -0.475 e. The van der Waals surface area contributed by atoms with E-state index >= 15 is 0 Å². The van der Waals surface area contributed by atoms with Crippen LogP contribution in [0, 0.1) is 0 Å². The van der Waals surface area contributed by atoms with Gasteiger partial charge in [-0.1, -0.05) is 6.07 Å². The van der Waals surface area contributed by atoms with Crippen LogP contribution in [0.2, 0.25) is 0 Å². The number of aliphatic imine (C=N–C) groups is 1. The van der Waals surface area contributed by atoms with Gasteiger partial charge in [0.1, 0.15) is 0 Å². The summed E-state index contributed by atoms with van der Waals surface area (Å²) in [5.41, 5.74) is 1.07. The molecule has 0 aliphatic heterocycles. The topological polar surface area (TPSA) is 41.0 Å². The summed E-state index contributed by atoms with van der Waals surface area (Å²) in [6.07, 6.45) is 1.95. The Balaban J connectivity index is 2.69. The van der Waals surface area contributed by atoms with Gasteiger partial charge in [0.2, 0.25) is 5.88 Å². The molecule has 0 aliphatic carbocycles. The minimum atomic E-state index is 0.144. The van der Waals surface area contributed by atoms with E-state index in [4.69, 9.17) is 4.74 Å². The maximum atomic E-state index is 5.51. The maximum absolute atomic E-state index is 5.51. The first-order valence-corrected chi connectivity index (χ1v) is 6.41. The van der Waals surface area contributed by atoms with Crippen molar-refractivity contribution in [2.45, 2.75) is 26.5 Å². The lowest BCUT2D eigenvalue weighted by Gasteiger charge is -2.22. The molecule has 19 heavy (non-hydrogen) atoms. The molecule has 0 spiro atoms. The molecule has 1 aromatic rings. The predicted octanol–water partition coefficient (Wildman–Crippen LogP) is 1.85. The number of rotatable bonds is 4. The van der Waals surface area contributed by atoms with E-state index in [1.54, 1.807) is 0 Å². The second kappa shape index (κ2) is 6.97. The van der Waals surface area contributed by atoms with Crippen molar-refractivity contribution in [2.75, 3.05) is 28.2 Å². The van der Waals surface area contributed by atoms with Gasteiger partial charge in [0.15, 0.2) is 5.96 Å². The third kappa shape index (κ3) is 5.16. The van der Waals surface area contributed by atoms with Crippen molar-refractivity contribution in [3.63, 3.8) is 0 Å². The van der Waals surface area contributed by atoms with Crippen LogP contribution in [0.25, 0.3) is 0 Å². The van der Waals surface area contributed by atoms with Crippen molar-refractivity contribution in [1.29, 1.82) is 0 Å². The summed E-state index contributed by atoms with van der Waals surface area (Å²) in [5, 5.41) is 0. The van der Waals surface area contributed by atoms with E-state index in [0.29, 0.717) is 12.4 Å². The molecule has 0 aliphatic rings. The molecule has 0 radical (unpaired) electrons. The summed E-state index contributed by atoms with van der Waals surface area (Å²) in [7, 11) is 7.93. The Bertz CT molecular complexity index is 400. The first kappa shape index (κ1) is 15.3. The van der Waals surface area contributed by atoms with Crippen LogP contribution < -0.4 is 4.74 Å². The molecule has 0 fully saturated rings. The number of hydrogen-bond donors (Lipinski definition) is 0. The first-order valence-electron chi connectivity index (χ1n) is 6.41. The Morgan fingerprint density at radius 2 is 1.84 bits per heavy atom. The van der Waals surface area contributed by atoms with Crippen LogP contribution in [-0.2, 0) is 6.54 Å². The first-order chi connectivity index (χ1) is 8.90. The van der Waals surface area contributed by atoms with E-state index in [0.717, 1.165) is 11.5 Å². The Kier molecular flexibility index (Phi) is 5.60. The monoisotopic (exact) mass is 264 g/mol. The predicted molar refractivity (Wildman–Crippen MR) is 78.5 cm³/mol. The van der Waals surface area contributed by atoms with E-state index in [1.807, 2.05) is 70.2 Å². The zero-order valence-corrected chi connectivity index (χ0v) is 12.7. The minimum absolute atomic E-state index is 0.144. The average molecular weight is 264 g/mol. The molecule has 0 atom stereocenters. The fourth-order valence-corrected chi connectivity index (χ4v) is 1.66. The Hall–Kier alpha value is -1.78. The number of nitrogens with zero attached hydrogens (tertiary/aromatic N) is 4. The van der Waals surface area contributed by atoms with Gasteiger partial charge in [-0.2, -0.15) is 0 Å². The Labute approximate surface area is 115 Å². The highest BCUT2D eigenvalue weighted by Crippen LogP contribution is 2.10. The summed E-state index contributed by atoms with van der Waals surface area (Å²) >= 11 is 0. The van der Waals surface area contributed by atoms with Crippen LogP contribution in [0.15, 0.2) is 23.3 Å². The smallest absolute Gasteiger partial charge is 0.213 e. The zero-order chi connectivity index (χ0) is 14.4. The molecule has 1 heterocycles. The van der Waals surface area contributed by atoms with Gasteiger partial charge >= 0.3 is 0 Å². The Morgan fingerprint density at radius 3 is 2.26 bits per heavy atom. The lowest BCUT2D eigenvalue weighted by molar-refractivity contribution is 0.232. The molecule has 0 amide bonds. The van der Waals surface area contributed by atoms with Crippen molar-refractivity contribution in [3.05, 3.63) is 23.9 Å². The number of pyridine rings is 1. The highest BCUT2D eigenvalue weighted by atomic mass is 16.5. The second-order valence-electron chi connectivity index (χ2n) is 5.08. The van der Waals surface area contributed by atoms with Gasteiger partial charge in [-0.3, -0.25) is 0 Å². The lowest BCUT2D eigenvalue weighted by atomic mass is 10.3. The molecule has 0 bridgehead atoms. The molecule has 5 nitrogen and oxygen atoms in total. The molecular formula is C14H24N4O. The third-order valence-electron chi connectivity index (χ3n) is 2.36. The van der Waals surface area contributed by atoms with Crippen LogP contribution in [0.1, 0.15) is 19.4 Å². The van der Waals surface area contributed by atoms with Crippen molar-refractivity contribution in [2.24, 2.45) is 4.99 Å². The second-order valence-corrected chi connectivity index (χ2v) is 5.08. The summed E-state index contributed by atoms with van der Waals surface area (Å²) in [4.78, 5) is 12.8. The maximum Gasteiger partial charge on any atom is 0.213 e. The largest absolute Gasteiger partial charge is 0.475 e. The van der Waals surface area contributed by atoms with Crippen LogP contribution in [-0.4, -0.2) is 55.0 Å². The van der Waals surface area contributed by atoms with E-state index in [-0.39, 0.29) is 6.10 Å². The van der Waals surface area contributed by atoms with E-state index in [1.165, 1.54) is 0 Å². The molecule has 0 aromatic carbocycles. The molecule has 0 N–H and O–H groups in total. The average Bonchev–Trinajstić information content (AvgIpc) is 2.29. The fraction of sp³-hybridized carbons (Fsp3) is 0.571. The summed E-state index contributed by atoms with van der Waals surface area (Å²) in [6, 6.07) is 3.88. The van der Waals surface area contributed by atoms with Gasteiger partial charge in [-0.05, 0) is 19.4 Å². The van der Waals surface area contributed by atoms with Crippen molar-refractivity contribution < 1.29 is 4.74 Å². The quantitative estimate of drug-likeness (QED) is 0.615. The summed E-state index contributed by atoms with van der Waals surface area (Å²) in [5.74, 6) is 1.59. The SMILES string of the molecule is CC(C)Oc1ccc(CN=C(N(C)C)N(C)C)cn1. The van der Waals surface area contributed by atoms with Gasteiger partial charge in [-0.15, -0.1) is 0 Å². The van der Waals surface area contributed by atoms with Gasteiger partial charge in [-0.25, -0.2) is 9.98 Å². The highest BCUT2D eigenvalue weighted by molar-refractivity contribution is 5.79. The Morgan fingerprint density at radius 1 is 1.21 bits per heavy atom. The number of guanidine groups is 1. The normalized spacial score (nSPS) is 10.3. The number of ether oxygens (including phenoxy) is 1. The zero-order valence-electron chi connectivity index (χ0n) is 12.7. The molecule has 0 saturated carbocycles. The van der Waals surface area contributed by atoms with E-state index in [9.17, 15) is 0 Å². The van der Waals surface area contributed by atoms with Crippen LogP contribution >= 0.6 is 0 Å². The van der Waals surface area contributed by atoms with Gasteiger partial charge in [0.25, 0.3) is 0 Å². The third-order valence-corrected chi connectivity index (χ3v) is 2.36. The summed E-state index contributed by atoms with van der Waals surface area (Å²) in [6.45, 7) is 4.58. The fourth-order valence-electron chi connectivity index (χ4n) is 1.66. The standard InChI is InChI=1S/C14H24N4O/c1-11(2)19-13-8-7-12(9-15-13)10-16-14(17(3)4)18(5)6/h7-9,11H,10H2,1-6H3. The van der Waals surface area contributed by atoms with Crippen LogP contribution in [0.3, 0.4) is 0 Å². The number of hydrogen-bond acceptors (Lipinski definition) is 3. The molecular weight excluding hydrogens is 240 g/mol. The van der Waals surface area contributed by atoms with Crippen molar-refractivity contribution >= 4 is 5.96 Å². The molecule has 5 heteroatoms. The van der Waals surface area contributed by atoms with Gasteiger partial charge in [0.05, 0.1) is 12.6 Å². The van der Waals surface area contributed by atoms with Gasteiger partial charge in [0, 0.05) is 40.5 Å². The summed E-state index contributed by atoms with van der Waals surface area (Å²) < 4.78 is 5.51. The van der Waals surface area contributed by atoms with Crippen molar-refractivity contribution in [1.82, 2.24) is 14.8 Å². The lowest BCUT2D eigenvalue weighted by Crippen LogP contribution is -2.35. The van der Waals surface area contributed by atoms with Crippen LogP contribution in [0.4, 0.5) is 0 Å². The van der Waals surface area contributed by atoms with E-state index in [2.05, 4.69) is 9.98 Å². The molecule has 1 aromatic heterocycles. The van der Waals surface area contributed by atoms with Crippen molar-refractivity contribution in [3.8, 4) is 5.88 Å². The van der Waals surface area contributed by atoms with Gasteiger partial charge < -0.3 is 14.5 Å². The molecule has 106 valence electrons. The number of aromatic nitrogens is 1. The van der Waals surface area contributed by atoms with Crippen LogP contribution in [0.5, 0.6) is 5.88 Å². The molecule has 0 saturated heterocycles. The molecule has 1 rings (SSSR count). The highest BCUT2D eigenvalue weighted by Gasteiger charge is 2.04. The molecule has 0 unspecified atom stereocenters.